The van der Waals surface area contributed by atoms with Gasteiger partial charge in [0.25, 0.3) is 5.91 Å². The highest BCUT2D eigenvalue weighted by molar-refractivity contribution is 14.1. The van der Waals surface area contributed by atoms with E-state index in [2.05, 4.69) is 27.9 Å². The van der Waals surface area contributed by atoms with Crippen molar-refractivity contribution < 1.29 is 18.7 Å². The zero-order chi connectivity index (χ0) is 19.8. The molecule has 0 aliphatic heterocycles. The Morgan fingerprint density at radius 2 is 1.78 bits per heavy atom. The molecule has 2 aromatic rings. The number of likely N-dealkylation sites (N-methyl/N-ethyl adjacent to an activating group) is 1. The topological polar surface area (TPSA) is 58.6 Å². The minimum Gasteiger partial charge on any atom is -0.484 e. The maximum absolute atomic E-state index is 13.1. The second kappa shape index (κ2) is 10.2. The van der Waals surface area contributed by atoms with E-state index in [1.807, 2.05) is 19.1 Å². The number of carbonyl (C=O) groups excluding carboxylic acids is 2. The molecule has 0 aliphatic carbocycles. The van der Waals surface area contributed by atoms with Crippen molar-refractivity contribution in [3.63, 3.8) is 0 Å². The molecule has 7 heteroatoms. The van der Waals surface area contributed by atoms with Crippen molar-refractivity contribution in [3.8, 4) is 5.75 Å². The molecule has 27 heavy (non-hydrogen) atoms. The lowest BCUT2D eigenvalue weighted by molar-refractivity contribution is -0.142. The normalized spacial score (nSPS) is 11.6. The number of hydrogen-bond donors (Lipinski definition) is 1. The molecule has 0 aromatic heterocycles. The quantitative estimate of drug-likeness (QED) is 0.585. The molecule has 0 bridgehead atoms. The summed E-state index contributed by atoms with van der Waals surface area (Å²) >= 11 is 2.19. The molecule has 0 saturated carbocycles. The van der Waals surface area contributed by atoms with Crippen LogP contribution in [0.15, 0.2) is 48.5 Å². The molecule has 1 N–H and O–H groups in total. The van der Waals surface area contributed by atoms with Gasteiger partial charge in [0, 0.05) is 16.7 Å². The first-order valence-corrected chi connectivity index (χ1v) is 9.68. The Morgan fingerprint density at radius 1 is 1.15 bits per heavy atom. The Hall–Kier alpha value is -2.16. The van der Waals surface area contributed by atoms with Crippen molar-refractivity contribution in [1.82, 2.24) is 10.2 Å². The number of ether oxygens (including phenoxy) is 1. The Morgan fingerprint density at radius 3 is 2.37 bits per heavy atom. The number of carbonyl (C=O) groups is 2. The van der Waals surface area contributed by atoms with E-state index in [4.69, 9.17) is 4.74 Å². The van der Waals surface area contributed by atoms with Gasteiger partial charge >= 0.3 is 0 Å². The summed E-state index contributed by atoms with van der Waals surface area (Å²) in [5, 5.41) is 2.72. The fraction of sp³-hybridized carbons (Fsp3) is 0.300. The van der Waals surface area contributed by atoms with Gasteiger partial charge in [-0.05, 0) is 78.4 Å². The van der Waals surface area contributed by atoms with E-state index < -0.39 is 6.04 Å². The van der Waals surface area contributed by atoms with Gasteiger partial charge < -0.3 is 15.0 Å². The van der Waals surface area contributed by atoms with Crippen LogP contribution in [-0.4, -0.2) is 35.9 Å². The Balaban J connectivity index is 2.11. The molecule has 0 radical (unpaired) electrons. The predicted molar refractivity (Wildman–Crippen MR) is 110 cm³/mol. The average Bonchev–Trinajstić information content (AvgIpc) is 2.66. The number of amides is 2. The maximum atomic E-state index is 13.1. The number of rotatable bonds is 8. The molecule has 2 aromatic carbocycles. The molecular weight excluding hydrogens is 462 g/mol. The van der Waals surface area contributed by atoms with Crippen molar-refractivity contribution in [2.75, 3.05) is 13.2 Å². The first-order chi connectivity index (χ1) is 12.9. The van der Waals surface area contributed by atoms with E-state index in [-0.39, 0.29) is 30.8 Å². The van der Waals surface area contributed by atoms with Crippen molar-refractivity contribution in [2.24, 2.45) is 0 Å². The summed E-state index contributed by atoms with van der Waals surface area (Å²) < 4.78 is 19.8. The number of nitrogens with one attached hydrogen (secondary N) is 1. The van der Waals surface area contributed by atoms with E-state index >= 15 is 0 Å². The minimum absolute atomic E-state index is 0.188. The number of halogens is 2. The zero-order valence-corrected chi connectivity index (χ0v) is 17.4. The number of hydrogen-bond acceptors (Lipinski definition) is 3. The van der Waals surface area contributed by atoms with Crippen LogP contribution < -0.4 is 10.1 Å². The van der Waals surface area contributed by atoms with Crippen LogP contribution in [0.3, 0.4) is 0 Å². The van der Waals surface area contributed by atoms with Crippen molar-refractivity contribution in [1.29, 1.82) is 0 Å². The van der Waals surface area contributed by atoms with Crippen LogP contribution in [0.1, 0.15) is 19.4 Å². The summed E-state index contributed by atoms with van der Waals surface area (Å²) in [7, 11) is 0. The van der Waals surface area contributed by atoms with Crippen LogP contribution in [0, 0.1) is 9.39 Å². The van der Waals surface area contributed by atoms with Gasteiger partial charge in [-0.2, -0.15) is 0 Å². The van der Waals surface area contributed by atoms with Gasteiger partial charge in [0.15, 0.2) is 6.61 Å². The fourth-order valence-electron chi connectivity index (χ4n) is 2.45. The van der Waals surface area contributed by atoms with Crippen LogP contribution >= 0.6 is 22.6 Å². The minimum atomic E-state index is -0.678. The van der Waals surface area contributed by atoms with Gasteiger partial charge in [-0.25, -0.2) is 4.39 Å². The third-order valence-electron chi connectivity index (χ3n) is 3.96. The lowest BCUT2D eigenvalue weighted by Crippen LogP contribution is -2.49. The summed E-state index contributed by atoms with van der Waals surface area (Å²) in [5.41, 5.74) is 0.732. The zero-order valence-electron chi connectivity index (χ0n) is 15.2. The highest BCUT2D eigenvalue weighted by atomic mass is 127. The summed E-state index contributed by atoms with van der Waals surface area (Å²) in [6.45, 7) is 3.95. The van der Waals surface area contributed by atoms with Crippen LogP contribution in [0.2, 0.25) is 0 Å². The van der Waals surface area contributed by atoms with Crippen LogP contribution in [-0.2, 0) is 16.1 Å². The average molecular weight is 484 g/mol. The van der Waals surface area contributed by atoms with Crippen LogP contribution in [0.5, 0.6) is 5.75 Å². The fourth-order valence-corrected chi connectivity index (χ4v) is 2.81. The highest BCUT2D eigenvalue weighted by Crippen LogP contribution is 2.15. The van der Waals surface area contributed by atoms with Crippen LogP contribution in [0.4, 0.5) is 4.39 Å². The third-order valence-corrected chi connectivity index (χ3v) is 4.68. The second-order valence-electron chi connectivity index (χ2n) is 5.96. The first-order valence-electron chi connectivity index (χ1n) is 8.60. The van der Waals surface area contributed by atoms with E-state index in [0.29, 0.717) is 12.3 Å². The molecule has 0 spiro atoms. The predicted octanol–water partition coefficient (Wildman–Crippen LogP) is 3.36. The molecule has 5 nitrogen and oxygen atoms in total. The van der Waals surface area contributed by atoms with Crippen molar-refractivity contribution in [3.05, 3.63) is 63.5 Å². The molecular formula is C20H22FIN2O3. The van der Waals surface area contributed by atoms with E-state index in [1.165, 1.54) is 17.0 Å². The highest BCUT2D eigenvalue weighted by Gasteiger charge is 2.26. The molecule has 1 unspecified atom stereocenters. The Labute approximate surface area is 172 Å². The summed E-state index contributed by atoms with van der Waals surface area (Å²) in [5.74, 6) is -0.342. The Kier molecular flexibility index (Phi) is 8.02. The molecule has 0 saturated heterocycles. The summed E-state index contributed by atoms with van der Waals surface area (Å²) in [6.07, 6.45) is 0. The lowest BCUT2D eigenvalue weighted by Gasteiger charge is -2.28. The number of benzene rings is 2. The molecule has 2 rings (SSSR count). The third kappa shape index (κ3) is 6.50. The van der Waals surface area contributed by atoms with Gasteiger partial charge in [0.1, 0.15) is 17.6 Å². The van der Waals surface area contributed by atoms with Gasteiger partial charge in [-0.3, -0.25) is 9.59 Å². The SMILES string of the molecule is CCNC(=O)C(C)N(Cc1ccc(F)cc1)C(=O)COc1ccc(I)cc1. The van der Waals surface area contributed by atoms with Gasteiger partial charge in [0.05, 0.1) is 0 Å². The molecule has 0 fully saturated rings. The molecule has 0 aliphatic rings. The molecule has 144 valence electrons. The molecule has 0 heterocycles. The standard InChI is InChI=1S/C20H22FIN2O3/c1-3-23-20(26)14(2)24(12-15-4-6-16(21)7-5-15)19(25)13-27-18-10-8-17(22)9-11-18/h4-11,14H,3,12-13H2,1-2H3,(H,23,26). The largest absolute Gasteiger partial charge is 0.484 e. The monoisotopic (exact) mass is 484 g/mol. The second-order valence-corrected chi connectivity index (χ2v) is 7.21. The molecule has 1 atom stereocenters. The lowest BCUT2D eigenvalue weighted by atomic mass is 10.1. The smallest absolute Gasteiger partial charge is 0.261 e. The number of nitrogens with zero attached hydrogens (tertiary/aromatic N) is 1. The van der Waals surface area contributed by atoms with E-state index in [1.54, 1.807) is 31.2 Å². The maximum Gasteiger partial charge on any atom is 0.261 e. The van der Waals surface area contributed by atoms with Gasteiger partial charge in [-0.1, -0.05) is 12.1 Å². The van der Waals surface area contributed by atoms with Gasteiger partial charge in [-0.15, -0.1) is 0 Å². The Bertz CT molecular complexity index is 766. The van der Waals surface area contributed by atoms with Crippen molar-refractivity contribution >= 4 is 34.4 Å². The van der Waals surface area contributed by atoms with Crippen molar-refractivity contribution in [2.45, 2.75) is 26.4 Å². The summed E-state index contributed by atoms with van der Waals surface area (Å²) in [4.78, 5) is 26.4. The summed E-state index contributed by atoms with van der Waals surface area (Å²) in [6, 6.07) is 12.5. The first kappa shape index (κ1) is 21.1. The molecule has 2 amide bonds. The van der Waals surface area contributed by atoms with E-state index in [0.717, 1.165) is 9.13 Å². The van der Waals surface area contributed by atoms with Crippen LogP contribution in [0.25, 0.3) is 0 Å². The van der Waals surface area contributed by atoms with E-state index in [9.17, 15) is 14.0 Å². The van der Waals surface area contributed by atoms with Gasteiger partial charge in [0.2, 0.25) is 5.91 Å².